The molecule has 1 unspecified atom stereocenters. The molecule has 2 aromatic heterocycles. The maximum absolute atomic E-state index is 12.6. The Bertz CT molecular complexity index is 1330. The van der Waals surface area contributed by atoms with Crippen molar-refractivity contribution in [3.63, 3.8) is 0 Å². The lowest BCUT2D eigenvalue weighted by Crippen LogP contribution is -2.31. The topological polar surface area (TPSA) is 84.3 Å². The Morgan fingerprint density at radius 2 is 1.75 bits per heavy atom. The summed E-state index contributed by atoms with van der Waals surface area (Å²) in [5.41, 5.74) is 2.22. The fourth-order valence-corrected chi connectivity index (χ4v) is 4.77. The Morgan fingerprint density at radius 3 is 2.53 bits per heavy atom. The zero-order valence-corrected chi connectivity index (χ0v) is 17.9. The third kappa shape index (κ3) is 3.92. The number of thiazole rings is 1. The zero-order chi connectivity index (χ0) is 22.1. The minimum atomic E-state index is -0.213. The Kier molecular flexibility index (Phi) is 5.28. The summed E-state index contributed by atoms with van der Waals surface area (Å²) in [6, 6.07) is 20.0. The van der Waals surface area contributed by atoms with Gasteiger partial charge in [-0.25, -0.2) is 4.98 Å². The summed E-state index contributed by atoms with van der Waals surface area (Å²) in [4.78, 5) is 43.2. The van der Waals surface area contributed by atoms with Crippen LogP contribution in [0, 0.1) is 5.92 Å². The van der Waals surface area contributed by atoms with Gasteiger partial charge >= 0.3 is 0 Å². The van der Waals surface area contributed by atoms with Crippen LogP contribution in [-0.2, 0) is 4.79 Å². The van der Waals surface area contributed by atoms with E-state index in [0.717, 1.165) is 21.6 Å². The first kappa shape index (κ1) is 20.1. The Morgan fingerprint density at radius 1 is 1.00 bits per heavy atom. The van der Waals surface area contributed by atoms with E-state index in [2.05, 4.69) is 10.3 Å². The Balaban J connectivity index is 1.23. The predicted octanol–water partition coefficient (Wildman–Crippen LogP) is 3.23. The summed E-state index contributed by atoms with van der Waals surface area (Å²) in [6.45, 7) is 0.943. The molecule has 1 fully saturated rings. The van der Waals surface area contributed by atoms with E-state index in [9.17, 15) is 14.4 Å². The van der Waals surface area contributed by atoms with Gasteiger partial charge in [0.2, 0.25) is 5.91 Å². The van der Waals surface area contributed by atoms with Crippen molar-refractivity contribution in [1.29, 1.82) is 0 Å². The highest BCUT2D eigenvalue weighted by atomic mass is 32.1. The van der Waals surface area contributed by atoms with E-state index in [0.29, 0.717) is 24.5 Å². The van der Waals surface area contributed by atoms with Crippen LogP contribution >= 0.6 is 11.3 Å². The van der Waals surface area contributed by atoms with Crippen molar-refractivity contribution in [2.75, 3.05) is 18.0 Å². The van der Waals surface area contributed by atoms with Crippen LogP contribution in [0.25, 0.3) is 15.9 Å². The van der Waals surface area contributed by atoms with Gasteiger partial charge in [-0.3, -0.25) is 19.0 Å². The number of hydrogen-bond donors (Lipinski definition) is 1. The first-order valence-electron chi connectivity index (χ1n) is 10.3. The second-order valence-electron chi connectivity index (χ2n) is 7.70. The Hall–Kier alpha value is -3.78. The van der Waals surface area contributed by atoms with Crippen molar-refractivity contribution in [2.45, 2.75) is 6.42 Å². The molecular formula is C24H20N4O3S. The van der Waals surface area contributed by atoms with Crippen LogP contribution in [0.5, 0.6) is 0 Å². The quantitative estimate of drug-likeness (QED) is 0.512. The molecule has 1 N–H and O–H groups in total. The molecule has 5 rings (SSSR count). The standard InChI is InChI=1S/C24H20N4O3S/c29-21-7-3-4-12-27(21)17-8-10-18(11-9-17)28-15-16(13-22(28)30)14-25-23(31)24-26-19-5-1-2-6-20(19)32-24/h1-12,16H,13-15H2,(H,25,31). The van der Waals surface area contributed by atoms with Gasteiger partial charge in [-0.2, -0.15) is 0 Å². The number of carbonyl (C=O) groups is 2. The van der Waals surface area contributed by atoms with E-state index in [1.807, 2.05) is 48.5 Å². The largest absolute Gasteiger partial charge is 0.350 e. The molecule has 4 aromatic rings. The lowest BCUT2D eigenvalue weighted by Gasteiger charge is -2.17. The molecule has 160 valence electrons. The molecular weight excluding hydrogens is 424 g/mol. The van der Waals surface area contributed by atoms with Gasteiger partial charge in [0.15, 0.2) is 5.01 Å². The fourth-order valence-electron chi connectivity index (χ4n) is 3.88. The molecule has 0 saturated carbocycles. The van der Waals surface area contributed by atoms with Crippen molar-refractivity contribution < 1.29 is 9.59 Å². The molecule has 1 aliphatic heterocycles. The van der Waals surface area contributed by atoms with Crippen molar-refractivity contribution >= 4 is 39.1 Å². The van der Waals surface area contributed by atoms with E-state index < -0.39 is 0 Å². The number of nitrogens with zero attached hydrogens (tertiary/aromatic N) is 3. The maximum atomic E-state index is 12.6. The molecule has 1 atom stereocenters. The average molecular weight is 445 g/mol. The van der Waals surface area contributed by atoms with Crippen molar-refractivity contribution in [3.8, 4) is 5.69 Å². The number of anilines is 1. The first-order chi connectivity index (χ1) is 15.6. The number of fused-ring (bicyclic) bond motifs is 1. The molecule has 7 nitrogen and oxygen atoms in total. The number of amides is 2. The minimum Gasteiger partial charge on any atom is -0.350 e. The summed E-state index contributed by atoms with van der Waals surface area (Å²) in [5.74, 6) is -0.166. The van der Waals surface area contributed by atoms with E-state index in [-0.39, 0.29) is 23.3 Å². The van der Waals surface area contributed by atoms with Crippen LogP contribution in [0.1, 0.15) is 16.2 Å². The van der Waals surface area contributed by atoms with Gasteiger partial charge in [0, 0.05) is 49.1 Å². The second-order valence-corrected chi connectivity index (χ2v) is 8.73. The van der Waals surface area contributed by atoms with Gasteiger partial charge in [0.05, 0.1) is 10.2 Å². The van der Waals surface area contributed by atoms with Crippen LogP contribution in [0.2, 0.25) is 0 Å². The van der Waals surface area contributed by atoms with E-state index in [4.69, 9.17) is 0 Å². The minimum absolute atomic E-state index is 0.0221. The molecule has 0 aliphatic carbocycles. The predicted molar refractivity (Wildman–Crippen MR) is 124 cm³/mol. The molecule has 1 saturated heterocycles. The van der Waals surface area contributed by atoms with Gasteiger partial charge in [-0.05, 0) is 42.5 Å². The van der Waals surface area contributed by atoms with Crippen LogP contribution in [0.4, 0.5) is 5.69 Å². The summed E-state index contributed by atoms with van der Waals surface area (Å²) < 4.78 is 2.52. The molecule has 1 aliphatic rings. The van der Waals surface area contributed by atoms with Crippen molar-refractivity contribution in [2.24, 2.45) is 5.92 Å². The molecule has 3 heterocycles. The molecule has 0 bridgehead atoms. The number of aromatic nitrogens is 2. The molecule has 0 radical (unpaired) electrons. The van der Waals surface area contributed by atoms with E-state index in [1.165, 1.54) is 17.4 Å². The smallest absolute Gasteiger partial charge is 0.280 e. The third-order valence-electron chi connectivity index (χ3n) is 5.51. The highest BCUT2D eigenvalue weighted by Gasteiger charge is 2.31. The van der Waals surface area contributed by atoms with E-state index in [1.54, 1.807) is 27.8 Å². The normalized spacial score (nSPS) is 15.9. The average Bonchev–Trinajstić information content (AvgIpc) is 3.41. The molecule has 0 spiro atoms. The number of para-hydroxylation sites is 1. The van der Waals surface area contributed by atoms with E-state index >= 15 is 0 Å². The monoisotopic (exact) mass is 444 g/mol. The molecule has 2 aromatic carbocycles. The number of benzene rings is 2. The number of hydrogen-bond acceptors (Lipinski definition) is 5. The van der Waals surface area contributed by atoms with Crippen LogP contribution in [0.3, 0.4) is 0 Å². The molecule has 8 heteroatoms. The number of rotatable bonds is 5. The second kappa shape index (κ2) is 8.39. The zero-order valence-electron chi connectivity index (χ0n) is 17.1. The highest BCUT2D eigenvalue weighted by Crippen LogP contribution is 2.26. The van der Waals surface area contributed by atoms with Gasteiger partial charge < -0.3 is 10.2 Å². The summed E-state index contributed by atoms with van der Waals surface area (Å²) in [7, 11) is 0. The third-order valence-corrected chi connectivity index (χ3v) is 6.54. The number of carbonyl (C=O) groups excluding carboxylic acids is 2. The van der Waals surface area contributed by atoms with Crippen molar-refractivity contribution in [1.82, 2.24) is 14.9 Å². The lowest BCUT2D eigenvalue weighted by atomic mass is 10.1. The van der Waals surface area contributed by atoms with Gasteiger partial charge in [-0.15, -0.1) is 11.3 Å². The molecule has 32 heavy (non-hydrogen) atoms. The number of pyridine rings is 1. The SMILES string of the molecule is O=C(NCC1CC(=O)N(c2ccc(-n3ccccc3=O)cc2)C1)c1nc2ccccc2s1. The summed E-state index contributed by atoms with van der Waals surface area (Å²) in [5, 5.41) is 3.35. The first-order valence-corrected chi connectivity index (χ1v) is 11.1. The van der Waals surface area contributed by atoms with Gasteiger partial charge in [0.1, 0.15) is 0 Å². The van der Waals surface area contributed by atoms with Crippen LogP contribution in [-0.4, -0.2) is 34.5 Å². The maximum Gasteiger partial charge on any atom is 0.280 e. The summed E-state index contributed by atoms with van der Waals surface area (Å²) >= 11 is 1.36. The molecule has 2 amide bonds. The highest BCUT2D eigenvalue weighted by molar-refractivity contribution is 7.20. The fraction of sp³-hybridized carbons (Fsp3) is 0.167. The number of nitrogens with one attached hydrogen (secondary N) is 1. The Labute approximate surface area is 187 Å². The van der Waals surface area contributed by atoms with Gasteiger partial charge in [-0.1, -0.05) is 18.2 Å². The van der Waals surface area contributed by atoms with Gasteiger partial charge in [0.25, 0.3) is 11.5 Å². The lowest BCUT2D eigenvalue weighted by molar-refractivity contribution is -0.117. The summed E-state index contributed by atoms with van der Waals surface area (Å²) in [6.07, 6.45) is 2.09. The van der Waals surface area contributed by atoms with Crippen LogP contribution in [0.15, 0.2) is 77.7 Å². The van der Waals surface area contributed by atoms with Crippen LogP contribution < -0.4 is 15.8 Å². The van der Waals surface area contributed by atoms with Crippen molar-refractivity contribution in [3.05, 3.63) is 88.3 Å².